The van der Waals surface area contributed by atoms with E-state index in [0.29, 0.717) is 30.0 Å². The maximum Gasteiger partial charge on any atom is 0.269 e. The van der Waals surface area contributed by atoms with Crippen LogP contribution < -0.4 is 9.80 Å². The Morgan fingerprint density at radius 1 is 1.00 bits per heavy atom. The Bertz CT molecular complexity index is 1180. The van der Waals surface area contributed by atoms with E-state index in [4.69, 9.17) is 0 Å². The van der Waals surface area contributed by atoms with Crippen LogP contribution in [0, 0.1) is 12.7 Å². The normalized spacial score (nSPS) is 20.5. The van der Waals surface area contributed by atoms with E-state index in [1.165, 1.54) is 22.7 Å². The smallest absolute Gasteiger partial charge is 0.269 e. The highest BCUT2D eigenvalue weighted by atomic mass is 32.2. The standard InChI is InChI=1S/C25H21FN2O2S/c1-17-11-12-19(15-21(17)26)28-23(29)13-14-31-25(28)20-9-5-6-10-22(20)27(24(25)30)16-18-7-3-2-4-8-18/h2-12,15H,13-14,16H2,1H3/t25-/m0/s1. The van der Waals surface area contributed by atoms with Gasteiger partial charge >= 0.3 is 0 Å². The van der Waals surface area contributed by atoms with Crippen LogP contribution in [0.5, 0.6) is 0 Å². The monoisotopic (exact) mass is 432 g/mol. The summed E-state index contributed by atoms with van der Waals surface area (Å²) in [5.41, 5.74) is 3.47. The lowest BCUT2D eigenvalue weighted by Gasteiger charge is -2.42. The molecule has 0 bridgehead atoms. The molecule has 2 amide bonds. The fourth-order valence-electron chi connectivity index (χ4n) is 4.37. The maximum atomic E-state index is 14.5. The number of fused-ring (bicyclic) bond motifs is 2. The Kier molecular flexibility index (Phi) is 4.82. The summed E-state index contributed by atoms with van der Waals surface area (Å²) in [6.45, 7) is 2.09. The van der Waals surface area contributed by atoms with Crippen LogP contribution in [0.2, 0.25) is 0 Å². The molecule has 2 aliphatic rings. The highest BCUT2D eigenvalue weighted by molar-refractivity contribution is 8.01. The maximum absolute atomic E-state index is 14.5. The zero-order valence-electron chi connectivity index (χ0n) is 17.0. The first-order chi connectivity index (χ1) is 15.0. The van der Waals surface area contributed by atoms with Gasteiger partial charge in [0.1, 0.15) is 5.82 Å². The van der Waals surface area contributed by atoms with Crippen molar-refractivity contribution in [1.82, 2.24) is 0 Å². The average molecular weight is 433 g/mol. The van der Waals surface area contributed by atoms with Gasteiger partial charge in [0, 0.05) is 23.4 Å². The minimum absolute atomic E-state index is 0.170. The number of rotatable bonds is 3. The fraction of sp³-hybridized carbons (Fsp3) is 0.200. The molecular weight excluding hydrogens is 411 g/mol. The summed E-state index contributed by atoms with van der Waals surface area (Å²) in [5, 5.41) is 0. The SMILES string of the molecule is Cc1ccc(N2C(=O)CCS[C@@]23C(=O)N(Cc2ccccc2)c2ccccc23)cc1F. The summed E-state index contributed by atoms with van der Waals surface area (Å²) in [5.74, 6) is -0.206. The van der Waals surface area contributed by atoms with Gasteiger partial charge in [-0.15, -0.1) is 11.8 Å². The van der Waals surface area contributed by atoms with Crippen molar-refractivity contribution in [3.63, 3.8) is 0 Å². The number of para-hydroxylation sites is 1. The quantitative estimate of drug-likeness (QED) is 0.585. The topological polar surface area (TPSA) is 40.6 Å². The van der Waals surface area contributed by atoms with Crippen LogP contribution in [0.3, 0.4) is 0 Å². The van der Waals surface area contributed by atoms with Crippen LogP contribution in [-0.2, 0) is 21.0 Å². The van der Waals surface area contributed by atoms with Gasteiger partial charge in [0.15, 0.2) is 0 Å². The van der Waals surface area contributed by atoms with Crippen LogP contribution >= 0.6 is 11.8 Å². The number of amides is 2. The highest BCUT2D eigenvalue weighted by Crippen LogP contribution is 2.54. The Morgan fingerprint density at radius 2 is 1.74 bits per heavy atom. The van der Waals surface area contributed by atoms with Crippen molar-refractivity contribution in [2.45, 2.75) is 24.8 Å². The Labute approximate surface area is 184 Å². The first kappa shape index (κ1) is 19.8. The fourth-order valence-corrected chi connectivity index (χ4v) is 5.84. The zero-order valence-corrected chi connectivity index (χ0v) is 17.9. The molecule has 1 saturated heterocycles. The lowest BCUT2D eigenvalue weighted by molar-refractivity contribution is -0.125. The molecular formula is C25H21FN2O2S. The van der Waals surface area contributed by atoms with Gasteiger partial charge in [-0.1, -0.05) is 54.6 Å². The van der Waals surface area contributed by atoms with Crippen molar-refractivity contribution < 1.29 is 14.0 Å². The molecule has 5 rings (SSSR count). The largest absolute Gasteiger partial charge is 0.304 e. The van der Waals surface area contributed by atoms with Crippen LogP contribution in [0.1, 0.15) is 23.1 Å². The molecule has 0 aliphatic carbocycles. The molecule has 3 aromatic rings. The predicted molar refractivity (Wildman–Crippen MR) is 121 cm³/mol. The third kappa shape index (κ3) is 3.05. The van der Waals surface area contributed by atoms with Gasteiger partial charge in [-0.3, -0.25) is 14.5 Å². The van der Waals surface area contributed by atoms with Crippen molar-refractivity contribution in [2.24, 2.45) is 0 Å². The molecule has 0 saturated carbocycles. The first-order valence-electron chi connectivity index (χ1n) is 10.2. The first-order valence-corrected chi connectivity index (χ1v) is 11.2. The zero-order chi connectivity index (χ0) is 21.6. The third-order valence-electron chi connectivity index (χ3n) is 5.88. The average Bonchev–Trinajstić information content (AvgIpc) is 3.00. The number of hydrogen-bond acceptors (Lipinski definition) is 3. The summed E-state index contributed by atoms with van der Waals surface area (Å²) >= 11 is 1.45. The second-order valence-electron chi connectivity index (χ2n) is 7.80. The number of hydrogen-bond donors (Lipinski definition) is 0. The van der Waals surface area contributed by atoms with Gasteiger partial charge in [-0.05, 0) is 36.2 Å². The van der Waals surface area contributed by atoms with Crippen molar-refractivity contribution in [2.75, 3.05) is 15.6 Å². The van der Waals surface area contributed by atoms with E-state index < -0.39 is 10.7 Å². The van der Waals surface area contributed by atoms with Crippen molar-refractivity contribution >= 4 is 35.0 Å². The van der Waals surface area contributed by atoms with E-state index in [1.54, 1.807) is 24.0 Å². The summed E-state index contributed by atoms with van der Waals surface area (Å²) in [7, 11) is 0. The van der Waals surface area contributed by atoms with Crippen molar-refractivity contribution in [3.05, 3.63) is 95.3 Å². The molecule has 1 atom stereocenters. The van der Waals surface area contributed by atoms with E-state index in [2.05, 4.69) is 0 Å². The van der Waals surface area contributed by atoms with Crippen LogP contribution in [0.4, 0.5) is 15.8 Å². The molecule has 0 aromatic heterocycles. The second kappa shape index (κ2) is 7.54. The van der Waals surface area contributed by atoms with Crippen molar-refractivity contribution in [1.29, 1.82) is 0 Å². The molecule has 31 heavy (non-hydrogen) atoms. The van der Waals surface area contributed by atoms with Gasteiger partial charge in [-0.25, -0.2) is 4.39 Å². The summed E-state index contributed by atoms with van der Waals surface area (Å²) < 4.78 is 14.5. The number of aryl methyl sites for hydroxylation is 1. The van der Waals surface area contributed by atoms with E-state index in [-0.39, 0.29) is 11.8 Å². The van der Waals surface area contributed by atoms with Gasteiger partial charge < -0.3 is 4.90 Å². The molecule has 2 aliphatic heterocycles. The van der Waals surface area contributed by atoms with Gasteiger partial charge in [0.25, 0.3) is 5.91 Å². The summed E-state index contributed by atoms with van der Waals surface area (Å²) in [6.07, 6.45) is 0.302. The van der Waals surface area contributed by atoms with Gasteiger partial charge in [-0.2, -0.15) is 0 Å². The minimum atomic E-state index is -1.23. The predicted octanol–water partition coefficient (Wildman–Crippen LogP) is 5.00. The number of halogens is 1. The lowest BCUT2D eigenvalue weighted by atomic mass is 10.0. The minimum Gasteiger partial charge on any atom is -0.304 e. The molecule has 6 heteroatoms. The molecule has 1 spiro atoms. The van der Waals surface area contributed by atoms with Crippen LogP contribution in [0.15, 0.2) is 72.8 Å². The van der Waals surface area contributed by atoms with Crippen LogP contribution in [-0.4, -0.2) is 17.6 Å². The number of nitrogens with zero attached hydrogens (tertiary/aromatic N) is 2. The molecule has 0 radical (unpaired) electrons. The number of thioether (sulfide) groups is 1. The molecule has 4 nitrogen and oxygen atoms in total. The molecule has 2 heterocycles. The number of anilines is 2. The number of carbonyl (C=O) groups is 2. The summed E-state index contributed by atoms with van der Waals surface area (Å²) in [6, 6.07) is 22.1. The Morgan fingerprint density at radius 3 is 2.52 bits per heavy atom. The Hall–Kier alpha value is -3.12. The van der Waals surface area contributed by atoms with E-state index in [1.807, 2.05) is 54.6 Å². The van der Waals surface area contributed by atoms with Crippen molar-refractivity contribution in [3.8, 4) is 0 Å². The lowest BCUT2D eigenvalue weighted by Crippen LogP contribution is -2.56. The Balaban J connectivity index is 1.67. The molecule has 0 unspecified atom stereocenters. The van der Waals surface area contributed by atoms with Gasteiger partial charge in [0.2, 0.25) is 10.8 Å². The van der Waals surface area contributed by atoms with Crippen LogP contribution in [0.25, 0.3) is 0 Å². The molecule has 156 valence electrons. The molecule has 3 aromatic carbocycles. The van der Waals surface area contributed by atoms with E-state index in [0.717, 1.165) is 16.8 Å². The number of carbonyl (C=O) groups excluding carboxylic acids is 2. The third-order valence-corrected chi connectivity index (χ3v) is 7.29. The highest BCUT2D eigenvalue weighted by Gasteiger charge is 2.58. The van der Waals surface area contributed by atoms with E-state index in [9.17, 15) is 14.0 Å². The number of benzene rings is 3. The second-order valence-corrected chi connectivity index (χ2v) is 9.09. The summed E-state index contributed by atoms with van der Waals surface area (Å²) in [4.78, 5) is 29.3. The van der Waals surface area contributed by atoms with E-state index >= 15 is 0 Å². The molecule has 0 N–H and O–H groups in total. The van der Waals surface area contributed by atoms with Gasteiger partial charge in [0.05, 0.1) is 12.2 Å². The molecule has 1 fully saturated rings.